The lowest BCUT2D eigenvalue weighted by Crippen LogP contribution is -2.34. The maximum atomic E-state index is 6.11. The largest absolute Gasteiger partial charge is 0.450 e. The summed E-state index contributed by atoms with van der Waals surface area (Å²) in [5.41, 5.74) is 2.42. The molecule has 0 spiro atoms. The van der Waals surface area contributed by atoms with E-state index in [1.807, 2.05) is 18.2 Å². The summed E-state index contributed by atoms with van der Waals surface area (Å²) in [5.74, 6) is 1.62. The highest BCUT2D eigenvalue weighted by atomic mass is 35.5. The monoisotopic (exact) mass is 314 g/mol. The highest BCUT2D eigenvalue weighted by Crippen LogP contribution is 2.37. The zero-order chi connectivity index (χ0) is 14.7. The maximum Gasteiger partial charge on any atom is 0.196 e. The van der Waals surface area contributed by atoms with Crippen LogP contribution in [-0.4, -0.2) is 35.6 Å². The summed E-state index contributed by atoms with van der Waals surface area (Å²) in [6, 6.07) is 6.15. The van der Waals surface area contributed by atoms with E-state index in [1.54, 1.807) is 6.33 Å². The Bertz CT molecular complexity index is 877. The molecule has 2 saturated heterocycles. The number of anilines is 1. The van der Waals surface area contributed by atoms with Crippen LogP contribution in [0, 0.1) is 5.92 Å². The molecule has 0 bridgehead atoms. The van der Waals surface area contributed by atoms with Gasteiger partial charge in [-0.25, -0.2) is 9.97 Å². The van der Waals surface area contributed by atoms with Crippen LogP contribution in [0.3, 0.4) is 0 Å². The fourth-order valence-corrected chi connectivity index (χ4v) is 4.03. The summed E-state index contributed by atoms with van der Waals surface area (Å²) in [4.78, 5) is 11.3. The molecule has 0 amide bonds. The van der Waals surface area contributed by atoms with Crippen LogP contribution in [0.2, 0.25) is 5.02 Å². The first kappa shape index (κ1) is 12.7. The normalized spacial score (nSPS) is 24.5. The number of hydrogen-bond donors (Lipinski definition) is 1. The second-order valence-corrected chi connectivity index (χ2v) is 6.52. The molecule has 5 rings (SSSR count). The average molecular weight is 315 g/mol. The molecule has 112 valence electrons. The van der Waals surface area contributed by atoms with E-state index in [4.69, 9.17) is 16.0 Å². The molecule has 4 heterocycles. The lowest BCUT2D eigenvalue weighted by atomic mass is 10.1. The van der Waals surface area contributed by atoms with Gasteiger partial charge in [0.25, 0.3) is 0 Å². The van der Waals surface area contributed by atoms with Gasteiger partial charge in [0, 0.05) is 36.1 Å². The van der Waals surface area contributed by atoms with Crippen LogP contribution < -0.4 is 10.2 Å². The first-order valence-electron chi connectivity index (χ1n) is 7.61. The van der Waals surface area contributed by atoms with Crippen molar-refractivity contribution in [3.05, 3.63) is 29.5 Å². The van der Waals surface area contributed by atoms with Crippen LogP contribution in [0.1, 0.15) is 6.42 Å². The molecule has 2 aromatic heterocycles. The van der Waals surface area contributed by atoms with Gasteiger partial charge in [0.15, 0.2) is 11.4 Å². The van der Waals surface area contributed by atoms with Crippen LogP contribution >= 0.6 is 11.6 Å². The Kier molecular flexibility index (Phi) is 2.63. The third kappa shape index (κ3) is 1.69. The Balaban J connectivity index is 1.72. The van der Waals surface area contributed by atoms with Gasteiger partial charge >= 0.3 is 0 Å². The second kappa shape index (κ2) is 4.57. The van der Waals surface area contributed by atoms with Crippen molar-refractivity contribution in [1.82, 2.24) is 15.3 Å². The maximum absolute atomic E-state index is 6.11. The SMILES string of the molecule is Clc1ccc2oc3c(N4CC[C@H]5CNC[C@H]54)ncnc3c2c1. The van der Waals surface area contributed by atoms with Crippen molar-refractivity contribution in [3.63, 3.8) is 0 Å². The van der Waals surface area contributed by atoms with Crippen LogP contribution in [0.5, 0.6) is 0 Å². The predicted octanol–water partition coefficient (Wildman–Crippen LogP) is 2.83. The van der Waals surface area contributed by atoms with Gasteiger partial charge in [-0.05, 0) is 30.5 Å². The molecule has 1 aromatic carbocycles. The van der Waals surface area contributed by atoms with Crippen molar-refractivity contribution in [2.75, 3.05) is 24.5 Å². The highest BCUT2D eigenvalue weighted by Gasteiger charge is 2.39. The highest BCUT2D eigenvalue weighted by molar-refractivity contribution is 6.31. The molecule has 0 unspecified atom stereocenters. The van der Waals surface area contributed by atoms with E-state index in [2.05, 4.69) is 20.2 Å². The minimum absolute atomic E-state index is 0.509. The smallest absolute Gasteiger partial charge is 0.196 e. The van der Waals surface area contributed by atoms with Gasteiger partial charge in [0.1, 0.15) is 17.4 Å². The Morgan fingerprint density at radius 1 is 1.27 bits per heavy atom. The Labute approximate surface area is 132 Å². The van der Waals surface area contributed by atoms with Crippen LogP contribution in [0.25, 0.3) is 22.1 Å². The Morgan fingerprint density at radius 2 is 2.23 bits per heavy atom. The number of aromatic nitrogens is 2. The van der Waals surface area contributed by atoms with Gasteiger partial charge < -0.3 is 14.6 Å². The second-order valence-electron chi connectivity index (χ2n) is 6.09. The van der Waals surface area contributed by atoms with Crippen molar-refractivity contribution in [2.45, 2.75) is 12.5 Å². The van der Waals surface area contributed by atoms with Gasteiger partial charge in [0.05, 0.1) is 0 Å². The molecule has 3 aromatic rings. The number of benzene rings is 1. The summed E-state index contributed by atoms with van der Waals surface area (Å²) in [5, 5.41) is 5.11. The van der Waals surface area contributed by atoms with Gasteiger partial charge in [0.2, 0.25) is 0 Å². The Hall–Kier alpha value is -1.85. The van der Waals surface area contributed by atoms with Gasteiger partial charge in [-0.15, -0.1) is 0 Å². The molecule has 6 heteroatoms. The fourth-order valence-electron chi connectivity index (χ4n) is 3.85. The molecular formula is C16H15ClN4O. The van der Waals surface area contributed by atoms with Crippen molar-refractivity contribution in [3.8, 4) is 0 Å². The zero-order valence-electron chi connectivity index (χ0n) is 11.9. The molecule has 2 aliphatic rings. The number of halogens is 1. The molecular weight excluding hydrogens is 300 g/mol. The molecule has 1 N–H and O–H groups in total. The van der Waals surface area contributed by atoms with Gasteiger partial charge in [-0.3, -0.25) is 0 Å². The average Bonchev–Trinajstić information content (AvgIpc) is 3.19. The minimum Gasteiger partial charge on any atom is -0.450 e. The topological polar surface area (TPSA) is 54.2 Å². The molecule has 0 saturated carbocycles. The molecule has 5 nitrogen and oxygen atoms in total. The van der Waals surface area contributed by atoms with Gasteiger partial charge in [-0.2, -0.15) is 0 Å². The predicted molar refractivity (Wildman–Crippen MR) is 86.4 cm³/mol. The summed E-state index contributed by atoms with van der Waals surface area (Å²) >= 11 is 6.11. The minimum atomic E-state index is 0.509. The van der Waals surface area contributed by atoms with Crippen molar-refractivity contribution >= 4 is 39.5 Å². The summed E-state index contributed by atoms with van der Waals surface area (Å²) in [6.07, 6.45) is 2.83. The van der Waals surface area contributed by atoms with Crippen LogP contribution in [0.4, 0.5) is 5.82 Å². The molecule has 22 heavy (non-hydrogen) atoms. The number of nitrogens with one attached hydrogen (secondary N) is 1. The van der Waals surface area contributed by atoms with Crippen LogP contribution in [-0.2, 0) is 0 Å². The van der Waals surface area contributed by atoms with E-state index < -0.39 is 0 Å². The van der Waals surface area contributed by atoms with Gasteiger partial charge in [-0.1, -0.05) is 11.6 Å². The number of furan rings is 1. The van der Waals surface area contributed by atoms with Crippen molar-refractivity contribution < 1.29 is 4.42 Å². The lowest BCUT2D eigenvalue weighted by molar-refractivity contribution is 0.576. The third-order valence-corrected chi connectivity index (χ3v) is 5.15. The lowest BCUT2D eigenvalue weighted by Gasteiger charge is -2.24. The third-order valence-electron chi connectivity index (χ3n) is 4.91. The van der Waals surface area contributed by atoms with E-state index in [0.717, 1.165) is 47.5 Å². The van der Waals surface area contributed by atoms with Crippen molar-refractivity contribution in [2.24, 2.45) is 5.92 Å². The summed E-state index contributed by atoms with van der Waals surface area (Å²) in [7, 11) is 0. The van der Waals surface area contributed by atoms with Crippen molar-refractivity contribution in [1.29, 1.82) is 0 Å². The first-order valence-corrected chi connectivity index (χ1v) is 7.99. The quantitative estimate of drug-likeness (QED) is 0.748. The van der Waals surface area contributed by atoms with E-state index in [9.17, 15) is 0 Å². The molecule has 0 radical (unpaired) electrons. The standard InChI is InChI=1S/C16H15ClN4O/c17-10-1-2-13-11(5-10)14-15(22-13)16(20-8-19-14)21-4-3-9-6-18-7-12(9)21/h1-2,5,8-9,12,18H,3-4,6-7H2/t9-,12+/m0/s1. The number of fused-ring (bicyclic) bond motifs is 4. The molecule has 2 atom stereocenters. The number of hydrogen-bond acceptors (Lipinski definition) is 5. The van der Waals surface area contributed by atoms with Crippen LogP contribution in [0.15, 0.2) is 28.9 Å². The number of nitrogens with zero attached hydrogens (tertiary/aromatic N) is 3. The zero-order valence-corrected chi connectivity index (χ0v) is 12.7. The first-order chi connectivity index (χ1) is 10.8. The summed E-state index contributed by atoms with van der Waals surface area (Å²) < 4.78 is 6.05. The fraction of sp³-hybridized carbons (Fsp3) is 0.375. The van der Waals surface area contributed by atoms with E-state index in [-0.39, 0.29) is 0 Å². The Morgan fingerprint density at radius 3 is 3.18 bits per heavy atom. The molecule has 0 aliphatic carbocycles. The number of rotatable bonds is 1. The summed E-state index contributed by atoms with van der Waals surface area (Å²) in [6.45, 7) is 3.15. The van der Waals surface area contributed by atoms with E-state index >= 15 is 0 Å². The van der Waals surface area contributed by atoms with E-state index in [1.165, 1.54) is 6.42 Å². The van der Waals surface area contributed by atoms with E-state index in [0.29, 0.717) is 17.0 Å². The molecule has 2 fully saturated rings. The molecule has 2 aliphatic heterocycles.